The van der Waals surface area contributed by atoms with Crippen LogP contribution >= 0.6 is 0 Å². The van der Waals surface area contributed by atoms with E-state index in [1.165, 1.54) is 12.1 Å². The lowest BCUT2D eigenvalue weighted by Gasteiger charge is -2.26. The molecule has 1 heterocycles. The standard InChI is InChI=1S/C14H20N2O4/c1-19-14-11-13(16(17)18)5-4-12(14)3-2-6-15-7-9-20-10-8-15/h4-5,11H,2-3,6-10H2,1H3. The van der Waals surface area contributed by atoms with E-state index in [1.807, 2.05) is 0 Å². The molecular weight excluding hydrogens is 260 g/mol. The van der Waals surface area contributed by atoms with Gasteiger partial charge in [0.1, 0.15) is 5.75 Å². The van der Waals surface area contributed by atoms with E-state index in [1.54, 1.807) is 13.2 Å². The van der Waals surface area contributed by atoms with E-state index in [2.05, 4.69) is 4.90 Å². The average molecular weight is 280 g/mol. The highest BCUT2D eigenvalue weighted by molar-refractivity contribution is 5.44. The Morgan fingerprint density at radius 1 is 1.40 bits per heavy atom. The van der Waals surface area contributed by atoms with Crippen molar-refractivity contribution in [3.05, 3.63) is 33.9 Å². The van der Waals surface area contributed by atoms with Crippen LogP contribution in [0.1, 0.15) is 12.0 Å². The largest absolute Gasteiger partial charge is 0.496 e. The number of hydrogen-bond acceptors (Lipinski definition) is 5. The Kier molecular flexibility index (Phi) is 5.31. The number of nitrogens with zero attached hydrogens (tertiary/aromatic N) is 2. The maximum atomic E-state index is 10.7. The van der Waals surface area contributed by atoms with Crippen LogP contribution in [0, 0.1) is 10.1 Å². The van der Waals surface area contributed by atoms with Crippen molar-refractivity contribution in [1.29, 1.82) is 0 Å². The van der Waals surface area contributed by atoms with E-state index in [-0.39, 0.29) is 5.69 Å². The number of non-ortho nitro benzene ring substituents is 1. The molecule has 0 N–H and O–H groups in total. The van der Waals surface area contributed by atoms with Crippen LogP contribution in [0.3, 0.4) is 0 Å². The number of morpholine rings is 1. The number of methoxy groups -OCH3 is 1. The SMILES string of the molecule is COc1cc([N+](=O)[O-])ccc1CCCN1CCOCC1. The van der Waals surface area contributed by atoms with Gasteiger partial charge in [0, 0.05) is 19.2 Å². The third-order valence-corrected chi connectivity index (χ3v) is 3.51. The van der Waals surface area contributed by atoms with Crippen molar-refractivity contribution < 1.29 is 14.4 Å². The molecule has 6 nitrogen and oxygen atoms in total. The number of rotatable bonds is 6. The van der Waals surface area contributed by atoms with Gasteiger partial charge in [0.15, 0.2) is 0 Å². The van der Waals surface area contributed by atoms with Gasteiger partial charge in [-0.2, -0.15) is 0 Å². The number of aryl methyl sites for hydroxylation is 1. The minimum absolute atomic E-state index is 0.0683. The highest BCUT2D eigenvalue weighted by atomic mass is 16.6. The summed E-state index contributed by atoms with van der Waals surface area (Å²) in [6.45, 7) is 4.60. The van der Waals surface area contributed by atoms with E-state index < -0.39 is 4.92 Å². The molecule has 0 aliphatic carbocycles. The van der Waals surface area contributed by atoms with Crippen LogP contribution in [0.25, 0.3) is 0 Å². The molecule has 0 radical (unpaired) electrons. The Bertz CT molecular complexity index is 458. The van der Waals surface area contributed by atoms with E-state index in [9.17, 15) is 10.1 Å². The Morgan fingerprint density at radius 3 is 2.80 bits per heavy atom. The first-order chi connectivity index (χ1) is 9.70. The van der Waals surface area contributed by atoms with Crippen molar-refractivity contribution >= 4 is 5.69 Å². The van der Waals surface area contributed by atoms with E-state index in [4.69, 9.17) is 9.47 Å². The van der Waals surface area contributed by atoms with Gasteiger partial charge in [-0.25, -0.2) is 0 Å². The minimum Gasteiger partial charge on any atom is -0.496 e. The predicted molar refractivity (Wildman–Crippen MR) is 75.2 cm³/mol. The topological polar surface area (TPSA) is 64.8 Å². The molecule has 0 aromatic heterocycles. The lowest BCUT2D eigenvalue weighted by atomic mass is 10.1. The number of ether oxygens (including phenoxy) is 2. The summed E-state index contributed by atoms with van der Waals surface area (Å²) in [7, 11) is 1.55. The van der Waals surface area contributed by atoms with Crippen molar-refractivity contribution in [1.82, 2.24) is 4.90 Å². The molecule has 0 bridgehead atoms. The molecule has 110 valence electrons. The number of nitro groups is 1. The van der Waals surface area contributed by atoms with Gasteiger partial charge in [-0.15, -0.1) is 0 Å². The molecule has 1 aliphatic rings. The lowest BCUT2D eigenvalue weighted by molar-refractivity contribution is -0.384. The summed E-state index contributed by atoms with van der Waals surface area (Å²) in [6, 6.07) is 4.81. The maximum absolute atomic E-state index is 10.7. The molecular formula is C14H20N2O4. The van der Waals surface area contributed by atoms with Crippen molar-refractivity contribution in [2.45, 2.75) is 12.8 Å². The van der Waals surface area contributed by atoms with Crippen LogP contribution < -0.4 is 4.74 Å². The zero-order chi connectivity index (χ0) is 14.4. The van der Waals surface area contributed by atoms with Gasteiger partial charge in [-0.1, -0.05) is 0 Å². The molecule has 6 heteroatoms. The average Bonchev–Trinajstić information content (AvgIpc) is 2.48. The van der Waals surface area contributed by atoms with Gasteiger partial charge in [0.05, 0.1) is 31.3 Å². The van der Waals surface area contributed by atoms with Crippen molar-refractivity contribution in [2.24, 2.45) is 0 Å². The summed E-state index contributed by atoms with van der Waals surface area (Å²) < 4.78 is 10.6. The maximum Gasteiger partial charge on any atom is 0.273 e. The predicted octanol–water partition coefficient (Wildman–Crippen LogP) is 1.87. The summed E-state index contributed by atoms with van der Waals surface area (Å²) in [4.78, 5) is 12.7. The van der Waals surface area contributed by atoms with Crippen LogP contribution in [0.15, 0.2) is 18.2 Å². The summed E-state index contributed by atoms with van der Waals surface area (Å²) in [5, 5.41) is 10.7. The van der Waals surface area contributed by atoms with Gasteiger partial charge < -0.3 is 9.47 Å². The van der Waals surface area contributed by atoms with Gasteiger partial charge in [-0.05, 0) is 31.0 Å². The van der Waals surface area contributed by atoms with Crippen LogP contribution in [0.5, 0.6) is 5.75 Å². The van der Waals surface area contributed by atoms with Crippen molar-refractivity contribution in [2.75, 3.05) is 40.0 Å². The lowest BCUT2D eigenvalue weighted by Crippen LogP contribution is -2.36. The molecule has 0 saturated carbocycles. The Labute approximate surface area is 118 Å². The van der Waals surface area contributed by atoms with E-state index >= 15 is 0 Å². The smallest absolute Gasteiger partial charge is 0.273 e. The van der Waals surface area contributed by atoms with Crippen LogP contribution in [-0.4, -0.2) is 49.8 Å². The number of benzene rings is 1. The zero-order valence-corrected chi connectivity index (χ0v) is 11.7. The first-order valence-electron chi connectivity index (χ1n) is 6.82. The molecule has 0 atom stereocenters. The molecule has 1 fully saturated rings. The monoisotopic (exact) mass is 280 g/mol. The Morgan fingerprint density at radius 2 is 2.15 bits per heavy atom. The minimum atomic E-state index is -0.403. The first kappa shape index (κ1) is 14.7. The Hall–Kier alpha value is -1.66. The van der Waals surface area contributed by atoms with Crippen molar-refractivity contribution in [3.8, 4) is 5.75 Å². The molecule has 1 saturated heterocycles. The van der Waals surface area contributed by atoms with Crippen molar-refractivity contribution in [3.63, 3.8) is 0 Å². The van der Waals surface area contributed by atoms with Crippen LogP contribution in [-0.2, 0) is 11.2 Å². The zero-order valence-electron chi connectivity index (χ0n) is 11.7. The highest BCUT2D eigenvalue weighted by Crippen LogP contribution is 2.25. The fourth-order valence-corrected chi connectivity index (χ4v) is 2.37. The van der Waals surface area contributed by atoms with Crippen LogP contribution in [0.4, 0.5) is 5.69 Å². The molecule has 1 aliphatic heterocycles. The van der Waals surface area contributed by atoms with Gasteiger partial charge in [0.2, 0.25) is 0 Å². The number of nitro benzene ring substituents is 1. The summed E-state index contributed by atoms with van der Waals surface area (Å²) in [5.41, 5.74) is 1.09. The van der Waals surface area contributed by atoms with Gasteiger partial charge in [-0.3, -0.25) is 15.0 Å². The quantitative estimate of drug-likeness (QED) is 0.588. The molecule has 0 spiro atoms. The summed E-state index contributed by atoms with van der Waals surface area (Å²) in [5.74, 6) is 0.598. The Balaban J connectivity index is 1.89. The van der Waals surface area contributed by atoms with E-state index in [0.717, 1.165) is 51.3 Å². The second kappa shape index (κ2) is 7.21. The molecule has 1 aromatic carbocycles. The van der Waals surface area contributed by atoms with Gasteiger partial charge >= 0.3 is 0 Å². The molecule has 0 unspecified atom stereocenters. The third kappa shape index (κ3) is 3.91. The highest BCUT2D eigenvalue weighted by Gasteiger charge is 2.13. The third-order valence-electron chi connectivity index (χ3n) is 3.51. The molecule has 0 amide bonds. The fraction of sp³-hybridized carbons (Fsp3) is 0.571. The van der Waals surface area contributed by atoms with Crippen LogP contribution in [0.2, 0.25) is 0 Å². The second-order valence-electron chi connectivity index (χ2n) is 4.81. The van der Waals surface area contributed by atoms with Gasteiger partial charge in [0.25, 0.3) is 5.69 Å². The molecule has 2 rings (SSSR count). The fourth-order valence-electron chi connectivity index (χ4n) is 2.37. The molecule has 20 heavy (non-hydrogen) atoms. The normalized spacial score (nSPS) is 16.1. The summed E-state index contributed by atoms with van der Waals surface area (Å²) in [6.07, 6.45) is 1.87. The number of hydrogen-bond donors (Lipinski definition) is 0. The van der Waals surface area contributed by atoms with E-state index in [0.29, 0.717) is 5.75 Å². The molecule has 1 aromatic rings. The second-order valence-corrected chi connectivity index (χ2v) is 4.81. The summed E-state index contributed by atoms with van der Waals surface area (Å²) >= 11 is 0. The first-order valence-corrected chi connectivity index (χ1v) is 6.82.